The highest BCUT2D eigenvalue weighted by Gasteiger charge is 2.51. The Morgan fingerprint density at radius 1 is 1.12 bits per heavy atom. The lowest BCUT2D eigenvalue weighted by molar-refractivity contribution is -0.211. The number of halogens is 4. The predicted octanol–water partition coefficient (Wildman–Crippen LogP) is 4.79. The average molecular weight is 659 g/mol. The average Bonchev–Trinajstić information content (AvgIpc) is 3.39. The summed E-state index contributed by atoms with van der Waals surface area (Å²) in [5.74, 6) is -5.60. The van der Waals surface area contributed by atoms with Crippen molar-refractivity contribution in [2.24, 2.45) is 0 Å². The molecule has 1 aliphatic rings. The second kappa shape index (κ2) is 13.3. The number of thioether (sulfide) groups is 1. The van der Waals surface area contributed by atoms with Gasteiger partial charge in [0.05, 0.1) is 11.9 Å². The summed E-state index contributed by atoms with van der Waals surface area (Å²) in [7, 11) is 0. The summed E-state index contributed by atoms with van der Waals surface area (Å²) in [5.41, 5.74) is -0.00473. The van der Waals surface area contributed by atoms with Crippen molar-refractivity contribution >= 4 is 39.6 Å². The van der Waals surface area contributed by atoms with E-state index in [-0.39, 0.29) is 24.5 Å². The van der Waals surface area contributed by atoms with Crippen LogP contribution in [-0.4, -0.2) is 68.9 Å². The highest BCUT2D eigenvalue weighted by Crippen LogP contribution is 2.42. The zero-order chi connectivity index (χ0) is 29.8. The Morgan fingerprint density at radius 3 is 2.44 bits per heavy atom. The Morgan fingerprint density at radius 2 is 1.83 bits per heavy atom. The summed E-state index contributed by atoms with van der Waals surface area (Å²) in [6.07, 6.45) is 0.173. The Bertz CT molecular complexity index is 1410. The lowest BCUT2D eigenvalue weighted by Gasteiger charge is -2.45. The molecule has 1 saturated heterocycles. The van der Waals surface area contributed by atoms with E-state index in [9.17, 15) is 22.8 Å². The molecule has 15 heteroatoms. The minimum atomic E-state index is -1.61. The first kappa shape index (κ1) is 30.9. The molecule has 0 spiro atoms. The van der Waals surface area contributed by atoms with Crippen LogP contribution in [0, 0.1) is 24.4 Å². The molecule has 0 amide bonds. The van der Waals surface area contributed by atoms with E-state index in [1.165, 1.54) is 36.5 Å². The number of carbonyl (C=O) groups is 2. The molecular formula is C26H26BrF3N4O6S. The molecular weight excluding hydrogens is 633 g/mol. The normalized spacial score (nSPS) is 22.4. The summed E-state index contributed by atoms with van der Waals surface area (Å²) in [5, 5.41) is 8.17. The van der Waals surface area contributed by atoms with Gasteiger partial charge in [0.2, 0.25) is 0 Å². The Labute approximate surface area is 246 Å². The van der Waals surface area contributed by atoms with Crippen molar-refractivity contribution in [1.29, 1.82) is 0 Å². The number of nitrogens with zero attached hydrogens (tertiary/aromatic N) is 4. The van der Waals surface area contributed by atoms with Gasteiger partial charge in [0.25, 0.3) is 0 Å². The third kappa shape index (κ3) is 7.26. The SMILES string of the molecule is CCOC1C(n2cc(-c3cc(F)c(F)c(F)c3)nn2)[C@@H](OC(C)=O)C(COC(C)=O)O[C@@H]1Sc1cnc(C)c(Br)c1. The Hall–Kier alpha value is -3.01. The van der Waals surface area contributed by atoms with Crippen LogP contribution >= 0.6 is 27.7 Å². The third-order valence-corrected chi connectivity index (χ3v) is 7.99. The summed E-state index contributed by atoms with van der Waals surface area (Å²) in [6, 6.07) is 2.55. The van der Waals surface area contributed by atoms with Crippen molar-refractivity contribution in [3.05, 3.63) is 58.2 Å². The molecule has 0 radical (unpaired) electrons. The highest BCUT2D eigenvalue weighted by molar-refractivity contribution is 9.10. The van der Waals surface area contributed by atoms with Gasteiger partial charge in [-0.2, -0.15) is 0 Å². The van der Waals surface area contributed by atoms with Crippen LogP contribution < -0.4 is 0 Å². The van der Waals surface area contributed by atoms with Gasteiger partial charge in [-0.25, -0.2) is 17.9 Å². The molecule has 1 fully saturated rings. The predicted molar refractivity (Wildman–Crippen MR) is 143 cm³/mol. The van der Waals surface area contributed by atoms with Crippen LogP contribution in [0.3, 0.4) is 0 Å². The van der Waals surface area contributed by atoms with E-state index < -0.39 is 59.2 Å². The minimum absolute atomic E-state index is 0.0264. The lowest BCUT2D eigenvalue weighted by atomic mass is 9.96. The smallest absolute Gasteiger partial charge is 0.303 e. The minimum Gasteiger partial charge on any atom is -0.463 e. The molecule has 3 heterocycles. The standard InChI is InChI=1S/C26H26BrF3N4O6S/c1-5-37-25-23(34-10-20(32-33-34)15-6-18(28)22(30)19(29)7-15)24(39-14(4)36)21(11-38-13(3)35)40-26(25)41-16-8-17(27)12(2)31-9-16/h6-10,21,23-26H,5,11H2,1-4H3/t21?,23?,24-,25?,26+/m0/s1. The van der Waals surface area contributed by atoms with E-state index in [1.807, 2.05) is 13.0 Å². The van der Waals surface area contributed by atoms with Crippen molar-refractivity contribution in [3.63, 3.8) is 0 Å². The Kier molecular flexibility index (Phi) is 10.0. The van der Waals surface area contributed by atoms with Crippen LogP contribution in [-0.2, 0) is 28.5 Å². The van der Waals surface area contributed by atoms with Crippen LogP contribution in [0.15, 0.2) is 40.0 Å². The molecule has 0 aliphatic carbocycles. The molecule has 5 atom stereocenters. The summed E-state index contributed by atoms with van der Waals surface area (Å²) >= 11 is 4.75. The number of benzene rings is 1. The maximum Gasteiger partial charge on any atom is 0.303 e. The number of ether oxygens (including phenoxy) is 4. The van der Waals surface area contributed by atoms with E-state index in [1.54, 1.807) is 13.1 Å². The molecule has 0 saturated carbocycles. The zero-order valence-corrected chi connectivity index (χ0v) is 24.7. The first-order chi connectivity index (χ1) is 19.5. The molecule has 3 unspecified atom stereocenters. The maximum atomic E-state index is 14.0. The molecule has 2 aromatic heterocycles. The number of aromatic nitrogens is 4. The number of pyridine rings is 1. The van der Waals surface area contributed by atoms with E-state index in [2.05, 4.69) is 31.2 Å². The molecule has 41 heavy (non-hydrogen) atoms. The molecule has 1 aliphatic heterocycles. The fourth-order valence-electron chi connectivity index (χ4n) is 4.28. The van der Waals surface area contributed by atoms with Crippen LogP contribution in [0.4, 0.5) is 13.2 Å². The maximum absolute atomic E-state index is 14.0. The second-order valence-corrected chi connectivity index (χ2v) is 11.0. The van der Waals surface area contributed by atoms with Gasteiger partial charge in [-0.3, -0.25) is 14.6 Å². The van der Waals surface area contributed by atoms with Gasteiger partial charge in [-0.1, -0.05) is 17.0 Å². The number of aryl methyl sites for hydroxylation is 1. The molecule has 0 N–H and O–H groups in total. The van der Waals surface area contributed by atoms with Crippen LogP contribution in [0.1, 0.15) is 32.5 Å². The van der Waals surface area contributed by atoms with Gasteiger partial charge in [0, 0.05) is 41.6 Å². The summed E-state index contributed by atoms with van der Waals surface area (Å²) in [4.78, 5) is 29.0. The first-order valence-electron chi connectivity index (χ1n) is 12.4. The van der Waals surface area contributed by atoms with Crippen molar-refractivity contribution in [2.45, 2.75) is 62.4 Å². The van der Waals surface area contributed by atoms with Gasteiger partial charge in [0.15, 0.2) is 23.6 Å². The largest absolute Gasteiger partial charge is 0.463 e. The molecule has 10 nitrogen and oxygen atoms in total. The van der Waals surface area contributed by atoms with Crippen LogP contribution in [0.25, 0.3) is 11.3 Å². The number of rotatable bonds is 9. The monoisotopic (exact) mass is 658 g/mol. The van der Waals surface area contributed by atoms with Crippen molar-refractivity contribution in [3.8, 4) is 11.3 Å². The van der Waals surface area contributed by atoms with Gasteiger partial charge in [0.1, 0.15) is 36.0 Å². The van der Waals surface area contributed by atoms with E-state index in [4.69, 9.17) is 18.9 Å². The highest BCUT2D eigenvalue weighted by atomic mass is 79.9. The van der Waals surface area contributed by atoms with Gasteiger partial charge in [-0.15, -0.1) is 5.10 Å². The van der Waals surface area contributed by atoms with Crippen LogP contribution in [0.5, 0.6) is 0 Å². The molecule has 220 valence electrons. The zero-order valence-electron chi connectivity index (χ0n) is 22.3. The quantitative estimate of drug-likeness (QED) is 0.235. The van der Waals surface area contributed by atoms with Gasteiger partial charge < -0.3 is 18.9 Å². The van der Waals surface area contributed by atoms with Crippen molar-refractivity contribution in [1.82, 2.24) is 20.0 Å². The Balaban J connectivity index is 1.79. The topological polar surface area (TPSA) is 115 Å². The number of esters is 2. The van der Waals surface area contributed by atoms with E-state index in [0.717, 1.165) is 27.2 Å². The van der Waals surface area contributed by atoms with Crippen molar-refractivity contribution in [2.75, 3.05) is 13.2 Å². The molecule has 3 aromatic rings. The van der Waals surface area contributed by atoms with Gasteiger partial charge >= 0.3 is 11.9 Å². The molecule has 0 bridgehead atoms. The molecule has 1 aromatic carbocycles. The number of hydrogen-bond donors (Lipinski definition) is 0. The lowest BCUT2D eigenvalue weighted by Crippen LogP contribution is -2.57. The summed E-state index contributed by atoms with van der Waals surface area (Å²) < 4.78 is 66.9. The van der Waals surface area contributed by atoms with Crippen LogP contribution in [0.2, 0.25) is 0 Å². The first-order valence-corrected chi connectivity index (χ1v) is 14.1. The number of hydrogen-bond acceptors (Lipinski definition) is 10. The van der Waals surface area contributed by atoms with Gasteiger partial charge in [-0.05, 0) is 48.0 Å². The number of carbonyl (C=O) groups excluding carboxylic acids is 2. The summed E-state index contributed by atoms with van der Waals surface area (Å²) in [6.45, 7) is 6.03. The van der Waals surface area contributed by atoms with Crippen molar-refractivity contribution < 1.29 is 41.7 Å². The fraction of sp³-hybridized carbons (Fsp3) is 0.423. The van der Waals surface area contributed by atoms with E-state index in [0.29, 0.717) is 0 Å². The van der Waals surface area contributed by atoms with E-state index >= 15 is 0 Å². The second-order valence-electron chi connectivity index (χ2n) is 9.02. The fourth-order valence-corrected chi connectivity index (χ4v) is 5.92. The molecule has 4 rings (SSSR count). The third-order valence-electron chi connectivity index (χ3n) is 6.08.